The van der Waals surface area contributed by atoms with E-state index in [9.17, 15) is 4.79 Å². The van der Waals surface area contributed by atoms with Crippen LogP contribution in [-0.4, -0.2) is 37.5 Å². The van der Waals surface area contributed by atoms with E-state index in [2.05, 4.69) is 24.1 Å². The zero-order valence-electron chi connectivity index (χ0n) is 11.7. The molecular weight excluding hydrogens is 212 g/mol. The lowest BCUT2D eigenvalue weighted by Crippen LogP contribution is -2.42. The van der Waals surface area contributed by atoms with Crippen molar-refractivity contribution in [3.63, 3.8) is 0 Å². The molecule has 1 N–H and O–H groups in total. The summed E-state index contributed by atoms with van der Waals surface area (Å²) < 4.78 is 0. The Morgan fingerprint density at radius 2 is 2.12 bits per heavy atom. The van der Waals surface area contributed by atoms with Gasteiger partial charge in [0.1, 0.15) is 0 Å². The van der Waals surface area contributed by atoms with Crippen LogP contribution in [0, 0.1) is 11.8 Å². The Labute approximate surface area is 106 Å². The fourth-order valence-corrected chi connectivity index (χ4v) is 2.70. The van der Waals surface area contributed by atoms with Crippen molar-refractivity contribution in [2.45, 2.75) is 46.0 Å². The lowest BCUT2D eigenvalue weighted by Gasteiger charge is -2.33. The normalized spacial score (nSPS) is 20.9. The fraction of sp³-hybridized carbons (Fsp3) is 0.929. The van der Waals surface area contributed by atoms with Gasteiger partial charge in [-0.25, -0.2) is 0 Å². The minimum atomic E-state index is 0.375. The van der Waals surface area contributed by atoms with Crippen LogP contribution in [0.5, 0.6) is 0 Å². The van der Waals surface area contributed by atoms with Crippen LogP contribution in [0.15, 0.2) is 0 Å². The van der Waals surface area contributed by atoms with Gasteiger partial charge < -0.3 is 10.2 Å². The number of nitrogens with one attached hydrogen (secondary N) is 1. The molecule has 1 aliphatic heterocycles. The maximum atomic E-state index is 12.2. The lowest BCUT2D eigenvalue weighted by atomic mass is 9.95. The lowest BCUT2D eigenvalue weighted by molar-refractivity contribution is -0.134. The minimum Gasteiger partial charge on any atom is -0.342 e. The van der Waals surface area contributed by atoms with Crippen molar-refractivity contribution in [1.29, 1.82) is 0 Å². The molecule has 1 unspecified atom stereocenters. The van der Waals surface area contributed by atoms with Crippen LogP contribution in [0.3, 0.4) is 0 Å². The number of amides is 1. The van der Waals surface area contributed by atoms with E-state index in [1.54, 1.807) is 0 Å². The van der Waals surface area contributed by atoms with Gasteiger partial charge in [0.25, 0.3) is 0 Å². The second-order valence-corrected chi connectivity index (χ2v) is 5.29. The molecule has 1 rings (SSSR count). The molecule has 1 aliphatic rings. The van der Waals surface area contributed by atoms with Crippen LogP contribution in [0.1, 0.15) is 46.0 Å². The monoisotopic (exact) mass is 240 g/mol. The summed E-state index contributed by atoms with van der Waals surface area (Å²) in [6.45, 7) is 7.33. The standard InChI is InChI=1S/C14H28N2O/c1-4-12(5-2)9-14(17)16-8-6-7-13(11-16)10-15-3/h12-13,15H,4-11H2,1-3H3. The molecule has 0 bridgehead atoms. The van der Waals surface area contributed by atoms with Crippen LogP contribution in [0.2, 0.25) is 0 Å². The summed E-state index contributed by atoms with van der Waals surface area (Å²) in [5.74, 6) is 1.60. The van der Waals surface area contributed by atoms with Crippen LogP contribution < -0.4 is 5.32 Å². The molecule has 100 valence electrons. The van der Waals surface area contributed by atoms with Gasteiger partial charge in [-0.1, -0.05) is 26.7 Å². The van der Waals surface area contributed by atoms with Gasteiger partial charge in [-0.3, -0.25) is 4.79 Å². The van der Waals surface area contributed by atoms with Crippen LogP contribution in [0.25, 0.3) is 0 Å². The third-order valence-corrected chi connectivity index (χ3v) is 3.98. The van der Waals surface area contributed by atoms with Gasteiger partial charge in [-0.15, -0.1) is 0 Å². The second kappa shape index (κ2) is 7.70. The summed E-state index contributed by atoms with van der Waals surface area (Å²) >= 11 is 0. The molecule has 17 heavy (non-hydrogen) atoms. The van der Waals surface area contributed by atoms with E-state index >= 15 is 0 Å². The van der Waals surface area contributed by atoms with Gasteiger partial charge in [-0.05, 0) is 38.3 Å². The largest absolute Gasteiger partial charge is 0.342 e. The summed E-state index contributed by atoms with van der Waals surface area (Å²) in [5, 5.41) is 3.22. The number of likely N-dealkylation sites (tertiary alicyclic amines) is 1. The van der Waals surface area contributed by atoms with Gasteiger partial charge in [0.2, 0.25) is 5.91 Å². The average Bonchev–Trinajstić information content (AvgIpc) is 2.36. The van der Waals surface area contributed by atoms with Gasteiger partial charge in [0.05, 0.1) is 0 Å². The molecule has 0 aliphatic carbocycles. The molecule has 0 saturated carbocycles. The van der Waals surface area contributed by atoms with Crippen molar-refractivity contribution in [3.05, 3.63) is 0 Å². The number of rotatable bonds is 6. The Bertz CT molecular complexity index is 224. The van der Waals surface area contributed by atoms with E-state index in [4.69, 9.17) is 0 Å². The first-order valence-electron chi connectivity index (χ1n) is 7.13. The van der Waals surface area contributed by atoms with E-state index in [0.717, 1.165) is 38.9 Å². The van der Waals surface area contributed by atoms with E-state index in [1.165, 1.54) is 12.8 Å². The maximum Gasteiger partial charge on any atom is 0.222 e. The highest BCUT2D eigenvalue weighted by molar-refractivity contribution is 5.76. The molecule has 3 heteroatoms. The number of piperidine rings is 1. The Morgan fingerprint density at radius 3 is 2.71 bits per heavy atom. The van der Waals surface area contributed by atoms with E-state index < -0.39 is 0 Å². The molecule has 1 saturated heterocycles. The predicted molar refractivity (Wildman–Crippen MR) is 71.9 cm³/mol. The predicted octanol–water partition coefficient (Wildman–Crippen LogP) is 2.27. The Hall–Kier alpha value is -0.570. The summed E-state index contributed by atoms with van der Waals surface area (Å²) in [4.78, 5) is 14.3. The summed E-state index contributed by atoms with van der Waals surface area (Å²) in [6, 6.07) is 0. The second-order valence-electron chi connectivity index (χ2n) is 5.29. The molecule has 0 aromatic rings. The topological polar surface area (TPSA) is 32.3 Å². The number of nitrogens with zero attached hydrogens (tertiary/aromatic N) is 1. The minimum absolute atomic E-state index is 0.375. The number of hydrogen-bond acceptors (Lipinski definition) is 2. The van der Waals surface area contributed by atoms with Gasteiger partial charge in [0, 0.05) is 19.5 Å². The average molecular weight is 240 g/mol. The molecule has 1 heterocycles. The molecular formula is C14H28N2O. The molecule has 1 atom stereocenters. The first kappa shape index (κ1) is 14.5. The number of carbonyl (C=O) groups is 1. The number of hydrogen-bond donors (Lipinski definition) is 1. The van der Waals surface area contributed by atoms with Crippen LogP contribution >= 0.6 is 0 Å². The van der Waals surface area contributed by atoms with Gasteiger partial charge in [0.15, 0.2) is 0 Å². The van der Waals surface area contributed by atoms with Crippen molar-refractivity contribution < 1.29 is 4.79 Å². The Morgan fingerprint density at radius 1 is 1.41 bits per heavy atom. The van der Waals surface area contributed by atoms with E-state index in [1.807, 2.05) is 7.05 Å². The zero-order valence-corrected chi connectivity index (χ0v) is 11.7. The highest BCUT2D eigenvalue weighted by atomic mass is 16.2. The number of carbonyl (C=O) groups excluding carboxylic acids is 1. The Balaban J connectivity index is 2.40. The van der Waals surface area contributed by atoms with Crippen molar-refractivity contribution in [2.24, 2.45) is 11.8 Å². The first-order chi connectivity index (χ1) is 8.21. The molecule has 0 spiro atoms. The van der Waals surface area contributed by atoms with Gasteiger partial charge >= 0.3 is 0 Å². The van der Waals surface area contributed by atoms with Crippen LogP contribution in [0.4, 0.5) is 0 Å². The zero-order chi connectivity index (χ0) is 12.7. The van der Waals surface area contributed by atoms with Crippen molar-refractivity contribution in [3.8, 4) is 0 Å². The van der Waals surface area contributed by atoms with E-state index in [-0.39, 0.29) is 0 Å². The summed E-state index contributed by atoms with van der Waals surface area (Å²) in [7, 11) is 1.99. The third-order valence-electron chi connectivity index (χ3n) is 3.98. The molecule has 1 fully saturated rings. The smallest absolute Gasteiger partial charge is 0.222 e. The van der Waals surface area contributed by atoms with Crippen molar-refractivity contribution >= 4 is 5.91 Å². The SMILES string of the molecule is CCC(CC)CC(=O)N1CCCC(CNC)C1. The summed E-state index contributed by atoms with van der Waals surface area (Å²) in [5.41, 5.74) is 0. The third kappa shape index (κ3) is 4.66. The molecule has 0 aromatic heterocycles. The highest BCUT2D eigenvalue weighted by Crippen LogP contribution is 2.19. The molecule has 0 radical (unpaired) electrons. The van der Waals surface area contributed by atoms with Gasteiger partial charge in [-0.2, -0.15) is 0 Å². The van der Waals surface area contributed by atoms with E-state index in [0.29, 0.717) is 17.7 Å². The quantitative estimate of drug-likeness (QED) is 0.772. The highest BCUT2D eigenvalue weighted by Gasteiger charge is 2.24. The fourth-order valence-electron chi connectivity index (χ4n) is 2.70. The molecule has 0 aromatic carbocycles. The Kier molecular flexibility index (Phi) is 6.56. The maximum absolute atomic E-state index is 12.2. The van der Waals surface area contributed by atoms with Crippen molar-refractivity contribution in [1.82, 2.24) is 10.2 Å². The van der Waals surface area contributed by atoms with Crippen molar-refractivity contribution in [2.75, 3.05) is 26.7 Å². The molecule has 1 amide bonds. The van der Waals surface area contributed by atoms with Crippen LogP contribution in [-0.2, 0) is 4.79 Å². The summed E-state index contributed by atoms with van der Waals surface area (Å²) in [6.07, 6.45) is 5.42. The first-order valence-corrected chi connectivity index (χ1v) is 7.13. The molecule has 3 nitrogen and oxygen atoms in total.